The van der Waals surface area contributed by atoms with Gasteiger partial charge < -0.3 is 10.6 Å². The molecule has 1 aromatic carbocycles. The number of nitrogens with two attached hydrogens (primary N) is 1. The molecular formula is C16H27ClN2. The highest BCUT2D eigenvalue weighted by Gasteiger charge is 2.17. The van der Waals surface area contributed by atoms with Crippen molar-refractivity contribution in [1.29, 1.82) is 0 Å². The molecular weight excluding hydrogens is 256 g/mol. The van der Waals surface area contributed by atoms with E-state index in [0.29, 0.717) is 6.04 Å². The number of hydrogen-bond donors (Lipinski definition) is 1. The molecule has 1 rings (SSSR count). The van der Waals surface area contributed by atoms with Crippen LogP contribution in [-0.4, -0.2) is 19.1 Å². The maximum atomic E-state index is 6.38. The molecule has 19 heavy (non-hydrogen) atoms. The second-order valence-electron chi connectivity index (χ2n) is 5.19. The fourth-order valence-electron chi connectivity index (χ4n) is 2.52. The molecule has 108 valence electrons. The third-order valence-electron chi connectivity index (χ3n) is 3.96. The molecule has 0 radical (unpaired) electrons. The van der Waals surface area contributed by atoms with Gasteiger partial charge >= 0.3 is 0 Å². The van der Waals surface area contributed by atoms with Gasteiger partial charge in [0.2, 0.25) is 0 Å². The third kappa shape index (κ3) is 4.12. The third-order valence-corrected chi connectivity index (χ3v) is 4.31. The Bertz CT molecular complexity index is 388. The topological polar surface area (TPSA) is 29.3 Å². The normalized spacial score (nSPS) is 12.8. The fraction of sp³-hybridized carbons (Fsp3) is 0.625. The number of rotatable bonds is 7. The summed E-state index contributed by atoms with van der Waals surface area (Å²) in [6, 6.07) is 6.87. The van der Waals surface area contributed by atoms with E-state index in [-0.39, 0.29) is 6.04 Å². The van der Waals surface area contributed by atoms with Gasteiger partial charge in [-0.15, -0.1) is 0 Å². The van der Waals surface area contributed by atoms with Crippen molar-refractivity contribution in [1.82, 2.24) is 0 Å². The summed E-state index contributed by atoms with van der Waals surface area (Å²) >= 11 is 6.38. The van der Waals surface area contributed by atoms with Gasteiger partial charge in [0, 0.05) is 29.8 Å². The van der Waals surface area contributed by atoms with Crippen LogP contribution < -0.4 is 10.6 Å². The summed E-state index contributed by atoms with van der Waals surface area (Å²) in [6.07, 6.45) is 4.09. The number of nitrogens with zero attached hydrogens (tertiary/aromatic N) is 1. The Labute approximate surface area is 122 Å². The lowest BCUT2D eigenvalue weighted by Crippen LogP contribution is -2.32. The van der Waals surface area contributed by atoms with Crippen LogP contribution >= 0.6 is 11.6 Å². The molecule has 0 aromatic heterocycles. The molecule has 0 aliphatic rings. The van der Waals surface area contributed by atoms with Crippen LogP contribution in [0.5, 0.6) is 0 Å². The zero-order chi connectivity index (χ0) is 14.4. The Morgan fingerprint density at radius 1 is 1.16 bits per heavy atom. The quantitative estimate of drug-likeness (QED) is 0.810. The van der Waals surface area contributed by atoms with Gasteiger partial charge in [-0.2, -0.15) is 0 Å². The summed E-state index contributed by atoms with van der Waals surface area (Å²) in [6.45, 7) is 6.57. The Morgan fingerprint density at radius 3 is 2.32 bits per heavy atom. The Hall–Kier alpha value is -0.730. The SMILES string of the molecule is CCC(N)Cc1c(Cl)cccc1N(C)C(CC)CC. The van der Waals surface area contributed by atoms with Gasteiger partial charge in [0.15, 0.2) is 0 Å². The lowest BCUT2D eigenvalue weighted by molar-refractivity contribution is 0.586. The first kappa shape index (κ1) is 16.3. The highest BCUT2D eigenvalue weighted by Crippen LogP contribution is 2.30. The molecule has 0 fully saturated rings. The Kier molecular flexibility index (Phi) is 6.67. The number of benzene rings is 1. The molecule has 0 saturated heterocycles. The summed E-state index contributed by atoms with van der Waals surface area (Å²) < 4.78 is 0. The minimum atomic E-state index is 0.175. The van der Waals surface area contributed by atoms with E-state index in [4.69, 9.17) is 17.3 Å². The van der Waals surface area contributed by atoms with Crippen LogP contribution in [-0.2, 0) is 6.42 Å². The van der Waals surface area contributed by atoms with Crippen LogP contribution in [0.3, 0.4) is 0 Å². The zero-order valence-electron chi connectivity index (χ0n) is 12.6. The monoisotopic (exact) mass is 282 g/mol. The predicted octanol–water partition coefficient (Wildman–Crippen LogP) is 4.24. The molecule has 0 aliphatic heterocycles. The molecule has 0 bridgehead atoms. The first-order valence-corrected chi connectivity index (χ1v) is 7.68. The average Bonchev–Trinajstić information content (AvgIpc) is 2.42. The van der Waals surface area contributed by atoms with Crippen LogP contribution in [0.4, 0.5) is 5.69 Å². The second-order valence-corrected chi connectivity index (χ2v) is 5.60. The molecule has 2 N–H and O–H groups in total. The first-order valence-electron chi connectivity index (χ1n) is 7.30. The summed E-state index contributed by atoms with van der Waals surface area (Å²) in [4.78, 5) is 2.35. The molecule has 1 unspecified atom stereocenters. The highest BCUT2D eigenvalue weighted by atomic mass is 35.5. The van der Waals surface area contributed by atoms with Crippen molar-refractivity contribution in [3.8, 4) is 0 Å². The van der Waals surface area contributed by atoms with Gasteiger partial charge in [-0.05, 0) is 43.4 Å². The van der Waals surface area contributed by atoms with E-state index >= 15 is 0 Å². The van der Waals surface area contributed by atoms with Crippen LogP contribution in [0.15, 0.2) is 18.2 Å². The van der Waals surface area contributed by atoms with Crippen LogP contribution in [0, 0.1) is 0 Å². The summed E-state index contributed by atoms with van der Waals surface area (Å²) in [7, 11) is 2.16. The molecule has 3 heteroatoms. The van der Waals surface area contributed by atoms with Gasteiger partial charge in [0.05, 0.1) is 0 Å². The van der Waals surface area contributed by atoms with E-state index in [1.807, 2.05) is 12.1 Å². The molecule has 1 aromatic rings. The van der Waals surface area contributed by atoms with E-state index < -0.39 is 0 Å². The van der Waals surface area contributed by atoms with Crippen LogP contribution in [0.1, 0.15) is 45.6 Å². The maximum absolute atomic E-state index is 6.38. The lowest BCUT2D eigenvalue weighted by Gasteiger charge is -2.31. The Morgan fingerprint density at radius 2 is 1.79 bits per heavy atom. The second kappa shape index (κ2) is 7.76. The van der Waals surface area contributed by atoms with Crippen molar-refractivity contribution < 1.29 is 0 Å². The lowest BCUT2D eigenvalue weighted by atomic mass is 10.0. The smallest absolute Gasteiger partial charge is 0.0459 e. The van der Waals surface area contributed by atoms with Gasteiger partial charge in [-0.3, -0.25) is 0 Å². The van der Waals surface area contributed by atoms with Crippen molar-refractivity contribution in [3.63, 3.8) is 0 Å². The molecule has 0 heterocycles. The summed E-state index contributed by atoms with van der Waals surface area (Å²) in [5, 5.41) is 0.833. The maximum Gasteiger partial charge on any atom is 0.0459 e. The van der Waals surface area contributed by atoms with Gasteiger partial charge in [-0.25, -0.2) is 0 Å². The standard InChI is InChI=1S/C16H27ClN2/c1-5-12(18)11-14-15(17)9-8-10-16(14)19(4)13(6-2)7-3/h8-10,12-13H,5-7,11,18H2,1-4H3. The van der Waals surface area contributed by atoms with Crippen molar-refractivity contribution in [3.05, 3.63) is 28.8 Å². The number of anilines is 1. The molecule has 2 nitrogen and oxygen atoms in total. The fourth-order valence-corrected chi connectivity index (χ4v) is 2.77. The molecule has 0 amide bonds. The molecule has 1 atom stereocenters. The van der Waals surface area contributed by atoms with Crippen molar-refractivity contribution in [2.45, 2.75) is 58.5 Å². The van der Waals surface area contributed by atoms with Gasteiger partial charge in [0.25, 0.3) is 0 Å². The molecule has 0 saturated carbocycles. The predicted molar refractivity (Wildman–Crippen MR) is 86.2 cm³/mol. The van der Waals surface area contributed by atoms with E-state index in [9.17, 15) is 0 Å². The van der Waals surface area contributed by atoms with E-state index in [0.717, 1.165) is 30.7 Å². The van der Waals surface area contributed by atoms with Crippen LogP contribution in [0.25, 0.3) is 0 Å². The van der Waals surface area contributed by atoms with E-state index in [1.165, 1.54) is 11.3 Å². The minimum absolute atomic E-state index is 0.175. The number of hydrogen-bond acceptors (Lipinski definition) is 2. The number of halogens is 1. The van der Waals surface area contributed by atoms with E-state index in [1.54, 1.807) is 0 Å². The first-order chi connectivity index (χ1) is 9.04. The Balaban J connectivity index is 3.08. The van der Waals surface area contributed by atoms with Crippen molar-refractivity contribution in [2.75, 3.05) is 11.9 Å². The summed E-state index contributed by atoms with van der Waals surface area (Å²) in [5.74, 6) is 0. The van der Waals surface area contributed by atoms with Crippen molar-refractivity contribution >= 4 is 17.3 Å². The molecule has 0 spiro atoms. The van der Waals surface area contributed by atoms with Gasteiger partial charge in [-0.1, -0.05) is 38.4 Å². The zero-order valence-corrected chi connectivity index (χ0v) is 13.4. The van der Waals surface area contributed by atoms with Gasteiger partial charge in [0.1, 0.15) is 0 Å². The minimum Gasteiger partial charge on any atom is -0.371 e. The highest BCUT2D eigenvalue weighted by molar-refractivity contribution is 6.31. The van der Waals surface area contributed by atoms with Crippen LogP contribution in [0.2, 0.25) is 5.02 Å². The summed E-state index contributed by atoms with van der Waals surface area (Å²) in [5.41, 5.74) is 8.52. The molecule has 0 aliphatic carbocycles. The van der Waals surface area contributed by atoms with Crippen molar-refractivity contribution in [2.24, 2.45) is 5.73 Å². The average molecular weight is 283 g/mol. The van der Waals surface area contributed by atoms with E-state index in [2.05, 4.69) is 38.8 Å². The largest absolute Gasteiger partial charge is 0.371 e.